The van der Waals surface area contributed by atoms with Gasteiger partial charge in [0, 0.05) is 12.1 Å². The number of hydrogen-bond donors (Lipinski definition) is 3. The molecule has 22 heavy (non-hydrogen) atoms. The molecule has 1 aliphatic heterocycles. The van der Waals surface area contributed by atoms with Crippen LogP contribution >= 0.6 is 12.4 Å². The highest BCUT2D eigenvalue weighted by atomic mass is 35.5. The van der Waals surface area contributed by atoms with Crippen LogP contribution in [0.5, 0.6) is 0 Å². The molecule has 1 aromatic rings. The smallest absolute Gasteiger partial charge is 0.277 e. The van der Waals surface area contributed by atoms with Gasteiger partial charge >= 0.3 is 0 Å². The second-order valence-corrected chi connectivity index (χ2v) is 5.61. The van der Waals surface area contributed by atoms with Gasteiger partial charge in [-0.25, -0.2) is 5.10 Å². The van der Waals surface area contributed by atoms with Crippen molar-refractivity contribution in [1.82, 2.24) is 20.8 Å². The van der Waals surface area contributed by atoms with Crippen molar-refractivity contribution in [3.8, 4) is 0 Å². The number of halogens is 1. The quantitative estimate of drug-likeness (QED) is 0.774. The predicted molar refractivity (Wildman–Crippen MR) is 88.8 cm³/mol. The molecule has 1 saturated heterocycles. The second-order valence-electron chi connectivity index (χ2n) is 5.61. The molecule has 0 saturated carbocycles. The van der Waals surface area contributed by atoms with E-state index in [4.69, 9.17) is 0 Å². The summed E-state index contributed by atoms with van der Waals surface area (Å²) in [5.41, 5.74) is 1.39. The summed E-state index contributed by atoms with van der Waals surface area (Å²) in [4.78, 5) is 24.5. The number of rotatable bonds is 4. The number of aromatic amines is 1. The lowest BCUT2D eigenvalue weighted by Crippen LogP contribution is -2.47. The Morgan fingerprint density at radius 3 is 2.68 bits per heavy atom. The zero-order chi connectivity index (χ0) is 15.4. The van der Waals surface area contributed by atoms with Crippen LogP contribution < -0.4 is 16.2 Å². The standard InChI is InChI=1S/C15H24N4O2.ClH/c1-4-11-12(5-2)18-19-15(21)13(11)14(20)17-10-6-7-16-9(3)8-10;/h9-10,16H,4-8H2,1-3H3,(H,17,20)(H,19,21);1H. The lowest BCUT2D eigenvalue weighted by Gasteiger charge is -2.28. The van der Waals surface area contributed by atoms with E-state index >= 15 is 0 Å². The van der Waals surface area contributed by atoms with Crippen LogP contribution in [-0.2, 0) is 12.8 Å². The Balaban J connectivity index is 0.00000242. The molecular formula is C15H25ClN4O2. The van der Waals surface area contributed by atoms with Crippen LogP contribution in [0.15, 0.2) is 4.79 Å². The second kappa shape index (κ2) is 8.29. The van der Waals surface area contributed by atoms with E-state index in [1.54, 1.807) is 0 Å². The lowest BCUT2D eigenvalue weighted by molar-refractivity contribution is 0.0922. The van der Waals surface area contributed by atoms with Crippen LogP contribution in [0.4, 0.5) is 0 Å². The van der Waals surface area contributed by atoms with Gasteiger partial charge < -0.3 is 10.6 Å². The molecule has 0 radical (unpaired) electrons. The first kappa shape index (κ1) is 18.6. The Morgan fingerprint density at radius 1 is 1.36 bits per heavy atom. The van der Waals surface area contributed by atoms with E-state index < -0.39 is 5.56 Å². The molecule has 1 aliphatic rings. The van der Waals surface area contributed by atoms with Crippen molar-refractivity contribution in [2.45, 2.75) is 58.5 Å². The van der Waals surface area contributed by atoms with E-state index in [0.29, 0.717) is 18.9 Å². The normalized spacial score (nSPS) is 21.0. The van der Waals surface area contributed by atoms with Gasteiger partial charge in [0.05, 0.1) is 5.69 Å². The van der Waals surface area contributed by atoms with E-state index in [-0.39, 0.29) is 29.9 Å². The first-order valence-corrected chi connectivity index (χ1v) is 7.71. The number of aromatic nitrogens is 2. The van der Waals surface area contributed by atoms with Crippen molar-refractivity contribution in [3.05, 3.63) is 27.2 Å². The topological polar surface area (TPSA) is 86.9 Å². The van der Waals surface area contributed by atoms with Crippen molar-refractivity contribution in [2.24, 2.45) is 0 Å². The molecule has 7 heteroatoms. The number of H-pyrrole nitrogens is 1. The fourth-order valence-corrected chi connectivity index (χ4v) is 2.96. The van der Waals surface area contributed by atoms with E-state index in [1.807, 2.05) is 13.8 Å². The van der Waals surface area contributed by atoms with E-state index in [2.05, 4.69) is 27.8 Å². The van der Waals surface area contributed by atoms with E-state index in [9.17, 15) is 9.59 Å². The minimum atomic E-state index is -0.400. The Kier molecular flexibility index (Phi) is 7.03. The van der Waals surface area contributed by atoms with Gasteiger partial charge in [-0.15, -0.1) is 12.4 Å². The summed E-state index contributed by atoms with van der Waals surface area (Å²) < 4.78 is 0. The molecular weight excluding hydrogens is 304 g/mol. The van der Waals surface area contributed by atoms with Crippen LogP contribution in [0.25, 0.3) is 0 Å². The molecule has 2 rings (SSSR count). The zero-order valence-electron chi connectivity index (χ0n) is 13.4. The predicted octanol–water partition coefficient (Wildman–Crippen LogP) is 1.19. The highest BCUT2D eigenvalue weighted by Crippen LogP contribution is 2.13. The van der Waals surface area contributed by atoms with E-state index in [1.165, 1.54) is 0 Å². The van der Waals surface area contributed by atoms with Crippen molar-refractivity contribution in [1.29, 1.82) is 0 Å². The summed E-state index contributed by atoms with van der Waals surface area (Å²) in [5, 5.41) is 12.8. The third kappa shape index (κ3) is 4.08. The van der Waals surface area contributed by atoms with Gasteiger partial charge in [-0.1, -0.05) is 13.8 Å². The number of amides is 1. The summed E-state index contributed by atoms with van der Waals surface area (Å²) >= 11 is 0. The number of nitrogens with one attached hydrogen (secondary N) is 3. The SMILES string of the molecule is CCc1n[nH]c(=O)c(C(=O)NC2CCNC(C)C2)c1CC.Cl. The van der Waals surface area contributed by atoms with Gasteiger partial charge in [-0.05, 0) is 44.7 Å². The number of hydrogen-bond acceptors (Lipinski definition) is 4. The van der Waals surface area contributed by atoms with Gasteiger partial charge in [0.2, 0.25) is 0 Å². The minimum absolute atomic E-state index is 0. The maximum absolute atomic E-state index is 12.5. The Bertz CT molecular complexity index is 573. The number of aryl methyl sites for hydroxylation is 1. The molecule has 124 valence electrons. The van der Waals surface area contributed by atoms with Crippen LogP contribution in [0.2, 0.25) is 0 Å². The zero-order valence-corrected chi connectivity index (χ0v) is 14.2. The third-order valence-electron chi connectivity index (χ3n) is 4.04. The molecule has 0 spiro atoms. The summed E-state index contributed by atoms with van der Waals surface area (Å²) in [6, 6.07) is 0.507. The Hall–Kier alpha value is -1.40. The van der Waals surface area contributed by atoms with Crippen molar-refractivity contribution < 1.29 is 4.79 Å². The molecule has 0 bridgehead atoms. The van der Waals surface area contributed by atoms with Crippen LogP contribution in [-0.4, -0.2) is 34.7 Å². The highest BCUT2D eigenvalue weighted by Gasteiger charge is 2.24. The number of carbonyl (C=O) groups is 1. The van der Waals surface area contributed by atoms with Crippen LogP contribution in [0.3, 0.4) is 0 Å². The number of piperidine rings is 1. The molecule has 2 atom stereocenters. The number of nitrogens with zero attached hydrogens (tertiary/aromatic N) is 1. The molecule has 1 fully saturated rings. The molecule has 0 aromatic carbocycles. The average Bonchev–Trinajstić information content (AvgIpc) is 2.46. The highest BCUT2D eigenvalue weighted by molar-refractivity contribution is 5.95. The van der Waals surface area contributed by atoms with Gasteiger partial charge in [0.25, 0.3) is 11.5 Å². The summed E-state index contributed by atoms with van der Waals surface area (Å²) in [6.45, 7) is 6.90. The van der Waals surface area contributed by atoms with Gasteiger partial charge in [-0.2, -0.15) is 5.10 Å². The van der Waals surface area contributed by atoms with Gasteiger partial charge in [-0.3, -0.25) is 9.59 Å². The molecule has 2 heterocycles. The average molecular weight is 329 g/mol. The summed E-state index contributed by atoms with van der Waals surface area (Å²) in [5.74, 6) is -0.274. The first-order chi connectivity index (χ1) is 10.1. The van der Waals surface area contributed by atoms with Crippen LogP contribution in [0.1, 0.15) is 55.2 Å². The molecule has 0 aliphatic carbocycles. The van der Waals surface area contributed by atoms with E-state index in [0.717, 1.165) is 30.6 Å². The molecule has 3 N–H and O–H groups in total. The third-order valence-corrected chi connectivity index (χ3v) is 4.04. The molecule has 1 amide bonds. The largest absolute Gasteiger partial charge is 0.349 e. The minimum Gasteiger partial charge on any atom is -0.349 e. The Labute approximate surface area is 136 Å². The number of carbonyl (C=O) groups excluding carboxylic acids is 1. The monoisotopic (exact) mass is 328 g/mol. The maximum atomic E-state index is 12.5. The fourth-order valence-electron chi connectivity index (χ4n) is 2.96. The molecule has 6 nitrogen and oxygen atoms in total. The van der Waals surface area contributed by atoms with Crippen molar-refractivity contribution in [3.63, 3.8) is 0 Å². The Morgan fingerprint density at radius 2 is 2.09 bits per heavy atom. The summed E-state index contributed by atoms with van der Waals surface area (Å²) in [6.07, 6.45) is 3.11. The van der Waals surface area contributed by atoms with Gasteiger partial charge in [0.1, 0.15) is 5.56 Å². The van der Waals surface area contributed by atoms with Crippen LogP contribution in [0, 0.1) is 0 Å². The molecule has 2 unspecified atom stereocenters. The van der Waals surface area contributed by atoms with Crippen molar-refractivity contribution >= 4 is 18.3 Å². The lowest BCUT2D eigenvalue weighted by atomic mass is 9.99. The molecule has 1 aromatic heterocycles. The first-order valence-electron chi connectivity index (χ1n) is 7.71. The van der Waals surface area contributed by atoms with Crippen molar-refractivity contribution in [2.75, 3.05) is 6.54 Å². The fraction of sp³-hybridized carbons (Fsp3) is 0.667. The maximum Gasteiger partial charge on any atom is 0.277 e. The summed E-state index contributed by atoms with van der Waals surface area (Å²) in [7, 11) is 0. The van der Waals surface area contributed by atoms with Gasteiger partial charge in [0.15, 0.2) is 0 Å².